The maximum atomic E-state index is 12.5. The second kappa shape index (κ2) is 5.19. The number of nitrogens with zero attached hydrogens (tertiary/aromatic N) is 2. The molecule has 0 saturated carbocycles. The van der Waals surface area contributed by atoms with Crippen LogP contribution in [0.5, 0.6) is 0 Å². The molecule has 2 aliphatic heterocycles. The third kappa shape index (κ3) is 2.38. The molecule has 0 radical (unpaired) electrons. The Hall–Kier alpha value is -2.25. The van der Waals surface area contributed by atoms with Gasteiger partial charge in [0.25, 0.3) is 5.91 Å². The largest absolute Gasteiger partial charge is 0.348 e. The molecule has 0 aromatic carbocycles. The number of amides is 1. The normalized spacial score (nSPS) is 26.8. The van der Waals surface area contributed by atoms with Crippen LogP contribution in [0.25, 0.3) is 5.52 Å². The molecule has 2 saturated heterocycles. The number of hydrogen-bond donors (Lipinski definition) is 1. The van der Waals surface area contributed by atoms with Crippen LogP contribution in [0.15, 0.2) is 30.6 Å². The highest BCUT2D eigenvalue weighted by Gasteiger charge is 2.32. The van der Waals surface area contributed by atoms with E-state index in [0.29, 0.717) is 5.56 Å². The Morgan fingerprint density at radius 2 is 2.23 bits per heavy atom. The molecular weight excluding hydrogens is 274 g/mol. The fourth-order valence-corrected chi connectivity index (χ4v) is 3.76. The molecule has 1 N–H and O–H groups in total. The van der Waals surface area contributed by atoms with Crippen molar-refractivity contribution in [3.8, 4) is 12.3 Å². The Morgan fingerprint density at radius 1 is 1.32 bits per heavy atom. The zero-order valence-electron chi connectivity index (χ0n) is 12.5. The van der Waals surface area contributed by atoms with Gasteiger partial charge in [0.2, 0.25) is 0 Å². The van der Waals surface area contributed by atoms with E-state index in [1.807, 2.05) is 35.0 Å². The van der Waals surface area contributed by atoms with Gasteiger partial charge in [0.1, 0.15) is 0 Å². The van der Waals surface area contributed by atoms with Crippen molar-refractivity contribution in [2.75, 3.05) is 19.6 Å². The fraction of sp³-hybridized carbons (Fsp3) is 0.389. The number of fused-ring (bicyclic) bond motifs is 3. The van der Waals surface area contributed by atoms with Crippen molar-refractivity contribution in [1.29, 1.82) is 0 Å². The second-order valence-electron chi connectivity index (χ2n) is 6.44. The molecule has 2 bridgehead atoms. The number of hydrogen-bond acceptors (Lipinski definition) is 2. The van der Waals surface area contributed by atoms with E-state index in [2.05, 4.69) is 16.1 Å². The Bertz CT molecular complexity index is 758. The summed E-state index contributed by atoms with van der Waals surface area (Å²) in [5.41, 5.74) is 2.51. The highest BCUT2D eigenvalue weighted by molar-refractivity contribution is 5.94. The van der Waals surface area contributed by atoms with Gasteiger partial charge in [-0.1, -0.05) is 5.92 Å². The van der Waals surface area contributed by atoms with E-state index < -0.39 is 0 Å². The van der Waals surface area contributed by atoms with Crippen LogP contribution in [0.1, 0.15) is 28.8 Å². The standard InChI is InChI=1S/C18H19N3O/c1-2-13-8-17-4-3-15(11-21(17)10-13)18(22)19-16-7-14-5-6-20(9-14)12-16/h1,3-4,8,10-11,14,16H,5-7,9,12H2,(H,19,22)/t14-,16+/m0/s1. The molecule has 2 aromatic rings. The lowest BCUT2D eigenvalue weighted by atomic mass is 9.96. The van der Waals surface area contributed by atoms with E-state index in [1.165, 1.54) is 19.5 Å². The molecule has 2 aliphatic rings. The summed E-state index contributed by atoms with van der Waals surface area (Å²) in [6, 6.07) is 6.01. The summed E-state index contributed by atoms with van der Waals surface area (Å²) in [7, 11) is 0. The molecule has 4 heteroatoms. The molecule has 4 rings (SSSR count). The minimum atomic E-state index is 0.00496. The molecule has 0 aliphatic carbocycles. The maximum Gasteiger partial charge on any atom is 0.253 e. The van der Waals surface area contributed by atoms with Crippen molar-refractivity contribution in [3.63, 3.8) is 0 Å². The van der Waals surface area contributed by atoms with E-state index in [0.717, 1.165) is 30.0 Å². The van der Waals surface area contributed by atoms with Gasteiger partial charge in [0, 0.05) is 42.6 Å². The number of terminal acetylenes is 1. The lowest BCUT2D eigenvalue weighted by molar-refractivity contribution is 0.0909. The molecule has 2 fully saturated rings. The summed E-state index contributed by atoms with van der Waals surface area (Å²) in [4.78, 5) is 14.9. The maximum absolute atomic E-state index is 12.5. The number of carbonyl (C=O) groups excluding carboxylic acids is 1. The molecule has 1 unspecified atom stereocenters. The second-order valence-corrected chi connectivity index (χ2v) is 6.44. The summed E-state index contributed by atoms with van der Waals surface area (Å²) >= 11 is 0. The van der Waals surface area contributed by atoms with Gasteiger partial charge in [0.05, 0.1) is 5.56 Å². The topological polar surface area (TPSA) is 36.8 Å². The van der Waals surface area contributed by atoms with Crippen molar-refractivity contribution in [1.82, 2.24) is 14.6 Å². The van der Waals surface area contributed by atoms with Crippen LogP contribution in [0.3, 0.4) is 0 Å². The Labute approximate surface area is 130 Å². The molecule has 0 spiro atoms. The quantitative estimate of drug-likeness (QED) is 0.856. The van der Waals surface area contributed by atoms with Crippen LogP contribution >= 0.6 is 0 Å². The molecule has 112 valence electrons. The molecule has 1 amide bonds. The van der Waals surface area contributed by atoms with Crippen molar-refractivity contribution < 1.29 is 4.79 Å². The number of pyridine rings is 1. The van der Waals surface area contributed by atoms with Crippen LogP contribution in [0.4, 0.5) is 0 Å². The zero-order valence-corrected chi connectivity index (χ0v) is 12.5. The highest BCUT2D eigenvalue weighted by atomic mass is 16.1. The minimum absolute atomic E-state index is 0.00496. The fourth-order valence-electron chi connectivity index (χ4n) is 3.76. The Morgan fingerprint density at radius 3 is 3.05 bits per heavy atom. The minimum Gasteiger partial charge on any atom is -0.348 e. The van der Waals surface area contributed by atoms with Gasteiger partial charge in [-0.15, -0.1) is 6.42 Å². The first-order valence-corrected chi connectivity index (χ1v) is 7.83. The van der Waals surface area contributed by atoms with Crippen molar-refractivity contribution in [2.45, 2.75) is 18.9 Å². The summed E-state index contributed by atoms with van der Waals surface area (Å²) in [6.45, 7) is 3.37. The smallest absolute Gasteiger partial charge is 0.253 e. The van der Waals surface area contributed by atoms with Crippen molar-refractivity contribution in [2.24, 2.45) is 5.92 Å². The predicted molar refractivity (Wildman–Crippen MR) is 85.8 cm³/mol. The summed E-state index contributed by atoms with van der Waals surface area (Å²) in [5, 5.41) is 3.19. The average Bonchev–Trinajstić information content (AvgIpc) is 3.09. The van der Waals surface area contributed by atoms with Crippen molar-refractivity contribution in [3.05, 3.63) is 41.7 Å². The van der Waals surface area contributed by atoms with Gasteiger partial charge in [0.15, 0.2) is 0 Å². The number of aromatic nitrogens is 1. The molecule has 4 heterocycles. The van der Waals surface area contributed by atoms with E-state index in [4.69, 9.17) is 6.42 Å². The van der Waals surface area contributed by atoms with E-state index >= 15 is 0 Å². The molecule has 22 heavy (non-hydrogen) atoms. The Kier molecular flexibility index (Phi) is 3.16. The number of carbonyl (C=O) groups is 1. The molecular formula is C18H19N3O. The third-order valence-electron chi connectivity index (χ3n) is 4.82. The monoisotopic (exact) mass is 293 g/mol. The lowest BCUT2D eigenvalue weighted by Crippen LogP contribution is -2.47. The molecule has 3 atom stereocenters. The van der Waals surface area contributed by atoms with Gasteiger partial charge in [-0.05, 0) is 43.5 Å². The van der Waals surface area contributed by atoms with Crippen LogP contribution in [0.2, 0.25) is 0 Å². The summed E-state index contributed by atoms with van der Waals surface area (Å²) in [6.07, 6.45) is 11.5. The van der Waals surface area contributed by atoms with Gasteiger partial charge in [-0.3, -0.25) is 4.79 Å². The van der Waals surface area contributed by atoms with Crippen LogP contribution in [-0.2, 0) is 0 Å². The predicted octanol–water partition coefficient (Wildman–Crippen LogP) is 1.74. The van der Waals surface area contributed by atoms with Gasteiger partial charge in [-0.2, -0.15) is 0 Å². The first kappa shape index (κ1) is 13.4. The SMILES string of the molecule is C#Cc1cc2ccc(C(=O)N[C@@H]3C[C@@H]4CCN(C4)C3)cn2c1. The van der Waals surface area contributed by atoms with E-state index in [-0.39, 0.29) is 11.9 Å². The summed E-state index contributed by atoms with van der Waals surface area (Å²) < 4.78 is 1.91. The summed E-state index contributed by atoms with van der Waals surface area (Å²) in [5.74, 6) is 3.38. The van der Waals surface area contributed by atoms with Crippen LogP contribution < -0.4 is 5.32 Å². The van der Waals surface area contributed by atoms with Gasteiger partial charge in [-0.25, -0.2) is 0 Å². The Balaban J connectivity index is 1.51. The van der Waals surface area contributed by atoms with Gasteiger partial charge < -0.3 is 14.6 Å². The first-order chi connectivity index (χ1) is 10.7. The van der Waals surface area contributed by atoms with E-state index in [9.17, 15) is 4.79 Å². The van der Waals surface area contributed by atoms with E-state index in [1.54, 1.807) is 0 Å². The van der Waals surface area contributed by atoms with Gasteiger partial charge >= 0.3 is 0 Å². The van der Waals surface area contributed by atoms with Crippen LogP contribution in [-0.4, -0.2) is 40.9 Å². The van der Waals surface area contributed by atoms with Crippen LogP contribution in [0, 0.1) is 18.3 Å². The third-order valence-corrected chi connectivity index (χ3v) is 4.82. The molecule has 4 nitrogen and oxygen atoms in total. The van der Waals surface area contributed by atoms with Crippen molar-refractivity contribution >= 4 is 11.4 Å². The number of nitrogens with one attached hydrogen (secondary N) is 1. The molecule has 2 aromatic heterocycles. The lowest BCUT2D eigenvalue weighted by Gasteiger charge is -2.30. The number of rotatable bonds is 2. The number of piperidine rings is 1. The zero-order chi connectivity index (χ0) is 15.1. The average molecular weight is 293 g/mol. The highest BCUT2D eigenvalue weighted by Crippen LogP contribution is 2.26. The first-order valence-electron chi connectivity index (χ1n) is 7.83.